The van der Waals surface area contributed by atoms with Crippen molar-refractivity contribution in [2.24, 2.45) is 5.84 Å². The van der Waals surface area contributed by atoms with Crippen LogP contribution in [0.15, 0.2) is 36.4 Å². The van der Waals surface area contributed by atoms with Gasteiger partial charge in [0.25, 0.3) is 5.91 Å². The molecule has 4 N–H and O–H groups in total. The first-order valence-corrected chi connectivity index (χ1v) is 6.65. The topological polar surface area (TPSA) is 76.4 Å². The third kappa shape index (κ3) is 3.45. The molecule has 0 bridgehead atoms. The van der Waals surface area contributed by atoms with Gasteiger partial charge in [0.15, 0.2) is 0 Å². The van der Waals surface area contributed by atoms with Crippen molar-refractivity contribution in [2.75, 3.05) is 17.9 Å². The highest BCUT2D eigenvalue weighted by molar-refractivity contribution is 6.34. The van der Waals surface area contributed by atoms with Crippen LogP contribution in [0.3, 0.4) is 0 Å². The highest BCUT2D eigenvalue weighted by atomic mass is 35.5. The maximum Gasteiger partial charge on any atom is 0.257 e. The third-order valence-corrected chi connectivity index (χ3v) is 3.33. The first-order valence-electron chi connectivity index (χ1n) is 6.27. The summed E-state index contributed by atoms with van der Waals surface area (Å²) in [5.41, 5.74) is 4.92. The zero-order chi connectivity index (χ0) is 15.4. The summed E-state index contributed by atoms with van der Waals surface area (Å²) >= 11 is 6.08. The lowest BCUT2D eigenvalue weighted by Gasteiger charge is -2.12. The van der Waals surface area contributed by atoms with Crippen LogP contribution in [0.5, 0.6) is 5.75 Å². The number of nitrogens with one attached hydrogen (secondary N) is 2. The van der Waals surface area contributed by atoms with Gasteiger partial charge < -0.3 is 15.5 Å². The van der Waals surface area contributed by atoms with Crippen molar-refractivity contribution in [1.82, 2.24) is 0 Å². The van der Waals surface area contributed by atoms with E-state index in [4.69, 9.17) is 22.2 Å². The van der Waals surface area contributed by atoms with Crippen molar-refractivity contribution in [3.05, 3.63) is 52.5 Å². The molecule has 0 saturated carbocycles. The van der Waals surface area contributed by atoms with E-state index in [9.17, 15) is 4.79 Å². The number of carbonyl (C=O) groups excluding carboxylic acids is 1. The monoisotopic (exact) mass is 305 g/mol. The van der Waals surface area contributed by atoms with E-state index in [0.717, 1.165) is 5.56 Å². The van der Waals surface area contributed by atoms with E-state index < -0.39 is 0 Å². The van der Waals surface area contributed by atoms with Gasteiger partial charge in [-0.15, -0.1) is 0 Å². The van der Waals surface area contributed by atoms with Crippen molar-refractivity contribution < 1.29 is 9.53 Å². The van der Waals surface area contributed by atoms with E-state index in [2.05, 4.69) is 10.7 Å². The van der Waals surface area contributed by atoms with E-state index in [1.54, 1.807) is 37.4 Å². The van der Waals surface area contributed by atoms with Gasteiger partial charge in [-0.05, 0) is 31.2 Å². The van der Waals surface area contributed by atoms with Crippen LogP contribution in [-0.4, -0.2) is 13.0 Å². The average Bonchev–Trinajstić information content (AvgIpc) is 2.49. The number of rotatable bonds is 4. The quantitative estimate of drug-likeness (QED) is 0.599. The van der Waals surface area contributed by atoms with Gasteiger partial charge in [0.1, 0.15) is 5.75 Å². The first kappa shape index (κ1) is 15.2. The summed E-state index contributed by atoms with van der Waals surface area (Å²) in [6.45, 7) is 1.90. The minimum absolute atomic E-state index is 0.304. The van der Waals surface area contributed by atoms with Gasteiger partial charge in [-0.2, -0.15) is 0 Å². The lowest BCUT2D eigenvalue weighted by molar-refractivity contribution is 0.102. The van der Waals surface area contributed by atoms with E-state index in [1.165, 1.54) is 0 Å². The molecule has 2 aromatic rings. The molecule has 0 aromatic heterocycles. The second-order valence-electron chi connectivity index (χ2n) is 4.49. The largest absolute Gasteiger partial charge is 0.497 e. The Bertz CT molecular complexity index is 674. The molecule has 1 amide bonds. The molecule has 0 aliphatic heterocycles. The summed E-state index contributed by atoms with van der Waals surface area (Å²) in [5, 5.41) is 3.19. The Morgan fingerprint density at radius 2 is 1.95 bits per heavy atom. The van der Waals surface area contributed by atoms with Gasteiger partial charge in [-0.3, -0.25) is 10.6 Å². The predicted octanol–water partition coefficient (Wildman–Crippen LogP) is 3.19. The number of anilines is 2. The number of nitrogen functional groups attached to an aromatic ring is 1. The Balaban J connectivity index is 2.32. The molecule has 6 heteroatoms. The first-order chi connectivity index (χ1) is 10.0. The SMILES string of the molecule is COc1ccc(Cl)c(NC(=O)c2cc(C)ccc2NN)c1. The molecule has 0 aliphatic carbocycles. The number of carbonyl (C=O) groups is 1. The van der Waals surface area contributed by atoms with Crippen molar-refractivity contribution in [3.8, 4) is 5.75 Å². The molecule has 5 nitrogen and oxygen atoms in total. The van der Waals surface area contributed by atoms with Crippen LogP contribution in [0.25, 0.3) is 0 Å². The Labute approximate surface area is 128 Å². The minimum atomic E-state index is -0.304. The van der Waals surface area contributed by atoms with E-state index in [0.29, 0.717) is 27.7 Å². The summed E-state index contributed by atoms with van der Waals surface area (Å²) in [7, 11) is 1.55. The highest BCUT2D eigenvalue weighted by Crippen LogP contribution is 2.28. The molecule has 0 atom stereocenters. The zero-order valence-corrected chi connectivity index (χ0v) is 12.5. The molecule has 0 heterocycles. The standard InChI is InChI=1S/C15H16ClN3O2/c1-9-3-6-13(19-17)11(7-9)15(20)18-14-8-10(21-2)4-5-12(14)16/h3-8,19H,17H2,1-2H3,(H,18,20). The maximum atomic E-state index is 12.4. The van der Waals surface area contributed by atoms with E-state index >= 15 is 0 Å². The van der Waals surface area contributed by atoms with Crippen LogP contribution in [-0.2, 0) is 0 Å². The van der Waals surface area contributed by atoms with Gasteiger partial charge in [0.05, 0.1) is 29.1 Å². The molecule has 2 rings (SSSR count). The van der Waals surface area contributed by atoms with E-state index in [-0.39, 0.29) is 5.91 Å². The lowest BCUT2D eigenvalue weighted by Crippen LogP contribution is -2.17. The summed E-state index contributed by atoms with van der Waals surface area (Å²) in [6, 6.07) is 10.4. The fourth-order valence-electron chi connectivity index (χ4n) is 1.89. The number of hydrogen-bond acceptors (Lipinski definition) is 4. The van der Waals surface area contributed by atoms with Gasteiger partial charge in [0, 0.05) is 6.07 Å². The Morgan fingerprint density at radius 3 is 2.62 bits per heavy atom. The van der Waals surface area contributed by atoms with Gasteiger partial charge >= 0.3 is 0 Å². The average molecular weight is 306 g/mol. The van der Waals surface area contributed by atoms with Crippen LogP contribution in [0.4, 0.5) is 11.4 Å². The molecular formula is C15H16ClN3O2. The van der Waals surface area contributed by atoms with Gasteiger partial charge in [0.2, 0.25) is 0 Å². The maximum absolute atomic E-state index is 12.4. The molecule has 0 aliphatic rings. The van der Waals surface area contributed by atoms with Crippen LogP contribution in [0.2, 0.25) is 5.02 Å². The highest BCUT2D eigenvalue weighted by Gasteiger charge is 2.13. The van der Waals surface area contributed by atoms with Crippen LogP contribution in [0, 0.1) is 6.92 Å². The number of ether oxygens (including phenoxy) is 1. The second-order valence-corrected chi connectivity index (χ2v) is 4.90. The third-order valence-electron chi connectivity index (χ3n) is 3.00. The predicted molar refractivity (Wildman–Crippen MR) is 84.9 cm³/mol. The zero-order valence-electron chi connectivity index (χ0n) is 11.7. The smallest absolute Gasteiger partial charge is 0.257 e. The number of aryl methyl sites for hydroxylation is 1. The summed E-state index contributed by atoms with van der Waals surface area (Å²) in [5.74, 6) is 5.74. The van der Waals surface area contributed by atoms with Crippen LogP contribution < -0.4 is 21.3 Å². The number of hydrogen-bond donors (Lipinski definition) is 3. The summed E-state index contributed by atoms with van der Waals surface area (Å²) < 4.78 is 5.12. The Morgan fingerprint density at radius 1 is 1.19 bits per heavy atom. The molecule has 110 valence electrons. The Hall–Kier alpha value is -2.24. The number of hydrazine groups is 1. The number of amides is 1. The molecule has 0 unspecified atom stereocenters. The van der Waals surface area contributed by atoms with E-state index in [1.807, 2.05) is 13.0 Å². The number of methoxy groups -OCH3 is 1. The van der Waals surface area contributed by atoms with Crippen molar-refractivity contribution >= 4 is 28.9 Å². The van der Waals surface area contributed by atoms with Gasteiger partial charge in [-0.1, -0.05) is 23.2 Å². The lowest BCUT2D eigenvalue weighted by atomic mass is 10.1. The molecule has 2 aromatic carbocycles. The minimum Gasteiger partial charge on any atom is -0.497 e. The number of halogens is 1. The fourth-order valence-corrected chi connectivity index (χ4v) is 2.05. The van der Waals surface area contributed by atoms with Crippen molar-refractivity contribution in [3.63, 3.8) is 0 Å². The number of nitrogens with two attached hydrogens (primary N) is 1. The molecule has 0 radical (unpaired) electrons. The summed E-state index contributed by atoms with van der Waals surface area (Å²) in [6.07, 6.45) is 0. The van der Waals surface area contributed by atoms with Crippen molar-refractivity contribution in [2.45, 2.75) is 6.92 Å². The molecule has 0 fully saturated rings. The summed E-state index contributed by atoms with van der Waals surface area (Å²) in [4.78, 5) is 12.4. The normalized spacial score (nSPS) is 10.1. The fraction of sp³-hybridized carbons (Fsp3) is 0.133. The van der Waals surface area contributed by atoms with Crippen LogP contribution in [0.1, 0.15) is 15.9 Å². The molecular weight excluding hydrogens is 290 g/mol. The number of benzene rings is 2. The molecule has 21 heavy (non-hydrogen) atoms. The second kappa shape index (κ2) is 6.47. The molecule has 0 spiro atoms. The van der Waals surface area contributed by atoms with Crippen molar-refractivity contribution in [1.29, 1.82) is 0 Å². The Kier molecular flexibility index (Phi) is 4.67. The molecule has 0 saturated heterocycles. The van der Waals surface area contributed by atoms with Crippen LogP contribution >= 0.6 is 11.6 Å². The van der Waals surface area contributed by atoms with Gasteiger partial charge in [-0.25, -0.2) is 0 Å².